The standard InChI is InChI=1S/C17H24N2O5/c1-13(18-16(21)14-8-7-11-23-14)17(22)24-12-15(20)19-9-5-3-2-4-6-10-19/h7-8,11,13H,2-6,9-10,12H2,1H3,(H,18,21)/t13-/m0/s1. The van der Waals surface area contributed by atoms with E-state index in [1.54, 1.807) is 11.0 Å². The monoisotopic (exact) mass is 336 g/mol. The lowest BCUT2D eigenvalue weighted by Gasteiger charge is -2.24. The highest BCUT2D eigenvalue weighted by atomic mass is 16.5. The maximum atomic E-state index is 12.1. The van der Waals surface area contributed by atoms with Crippen LogP contribution < -0.4 is 5.32 Å². The first-order chi connectivity index (χ1) is 11.6. The van der Waals surface area contributed by atoms with E-state index in [0.717, 1.165) is 25.7 Å². The number of furan rings is 1. The van der Waals surface area contributed by atoms with E-state index in [0.29, 0.717) is 13.1 Å². The molecule has 0 saturated carbocycles. The highest BCUT2D eigenvalue weighted by Gasteiger charge is 2.22. The highest BCUT2D eigenvalue weighted by Crippen LogP contribution is 2.10. The molecule has 0 aliphatic carbocycles. The minimum atomic E-state index is -0.859. The molecule has 0 radical (unpaired) electrons. The van der Waals surface area contributed by atoms with Crippen LogP contribution in [0.2, 0.25) is 0 Å². The molecule has 1 aromatic heterocycles. The van der Waals surface area contributed by atoms with E-state index in [-0.39, 0.29) is 18.3 Å². The quantitative estimate of drug-likeness (QED) is 0.827. The van der Waals surface area contributed by atoms with Gasteiger partial charge in [-0.15, -0.1) is 0 Å². The molecule has 1 atom stereocenters. The van der Waals surface area contributed by atoms with Gasteiger partial charge in [-0.3, -0.25) is 9.59 Å². The summed E-state index contributed by atoms with van der Waals surface area (Å²) < 4.78 is 9.98. The Kier molecular flexibility index (Phi) is 6.84. The van der Waals surface area contributed by atoms with Gasteiger partial charge in [-0.05, 0) is 31.9 Å². The van der Waals surface area contributed by atoms with E-state index in [2.05, 4.69) is 5.32 Å². The molecule has 1 aliphatic heterocycles. The van der Waals surface area contributed by atoms with Gasteiger partial charge in [0.15, 0.2) is 12.4 Å². The first-order valence-electron chi connectivity index (χ1n) is 8.36. The molecule has 0 unspecified atom stereocenters. The molecule has 2 rings (SSSR count). The fourth-order valence-electron chi connectivity index (χ4n) is 2.58. The molecule has 7 heteroatoms. The summed E-state index contributed by atoms with van der Waals surface area (Å²) in [6.45, 7) is 2.63. The minimum absolute atomic E-state index is 0.117. The van der Waals surface area contributed by atoms with Gasteiger partial charge in [0.25, 0.3) is 11.8 Å². The Balaban J connectivity index is 1.74. The van der Waals surface area contributed by atoms with Gasteiger partial charge in [-0.2, -0.15) is 0 Å². The number of amides is 2. The lowest BCUT2D eigenvalue weighted by molar-refractivity contribution is -0.153. The lowest BCUT2D eigenvalue weighted by Crippen LogP contribution is -2.42. The summed E-state index contributed by atoms with van der Waals surface area (Å²) in [7, 11) is 0. The van der Waals surface area contributed by atoms with Crippen LogP contribution in [0.3, 0.4) is 0 Å². The van der Waals surface area contributed by atoms with E-state index in [1.165, 1.54) is 25.7 Å². The van der Waals surface area contributed by atoms with Crippen LogP contribution in [0.15, 0.2) is 22.8 Å². The highest BCUT2D eigenvalue weighted by molar-refractivity contribution is 5.94. The Morgan fingerprint density at radius 1 is 1.21 bits per heavy atom. The number of nitrogens with one attached hydrogen (secondary N) is 1. The summed E-state index contributed by atoms with van der Waals surface area (Å²) in [6.07, 6.45) is 6.80. The van der Waals surface area contributed by atoms with Gasteiger partial charge in [0, 0.05) is 13.1 Å². The number of carbonyl (C=O) groups is 3. The normalized spacial score (nSPS) is 16.6. The molecule has 1 N–H and O–H groups in total. The Labute approximate surface area is 141 Å². The third kappa shape index (κ3) is 5.40. The molecule has 132 valence electrons. The lowest BCUT2D eigenvalue weighted by atomic mass is 10.1. The molecule has 2 amide bonds. The number of hydrogen-bond acceptors (Lipinski definition) is 5. The molecule has 0 bridgehead atoms. The number of ether oxygens (including phenoxy) is 1. The van der Waals surface area contributed by atoms with Crippen molar-refractivity contribution in [1.29, 1.82) is 0 Å². The van der Waals surface area contributed by atoms with Crippen molar-refractivity contribution in [2.75, 3.05) is 19.7 Å². The average Bonchev–Trinajstić information content (AvgIpc) is 3.06. The summed E-state index contributed by atoms with van der Waals surface area (Å²) in [4.78, 5) is 37.6. The van der Waals surface area contributed by atoms with E-state index >= 15 is 0 Å². The van der Waals surface area contributed by atoms with E-state index < -0.39 is 17.9 Å². The first-order valence-corrected chi connectivity index (χ1v) is 8.36. The zero-order chi connectivity index (χ0) is 17.4. The van der Waals surface area contributed by atoms with Gasteiger partial charge >= 0.3 is 5.97 Å². The smallest absolute Gasteiger partial charge is 0.328 e. The third-order valence-electron chi connectivity index (χ3n) is 3.99. The second kappa shape index (κ2) is 9.10. The Morgan fingerprint density at radius 2 is 1.88 bits per heavy atom. The number of nitrogens with zero attached hydrogens (tertiary/aromatic N) is 1. The van der Waals surface area contributed by atoms with Gasteiger partial charge < -0.3 is 19.4 Å². The fourth-order valence-corrected chi connectivity index (χ4v) is 2.58. The van der Waals surface area contributed by atoms with Crippen LogP contribution in [-0.4, -0.2) is 48.4 Å². The van der Waals surface area contributed by atoms with Crippen molar-refractivity contribution in [3.63, 3.8) is 0 Å². The van der Waals surface area contributed by atoms with Crippen LogP contribution in [0.5, 0.6) is 0 Å². The van der Waals surface area contributed by atoms with Crippen molar-refractivity contribution >= 4 is 17.8 Å². The molecule has 2 heterocycles. The third-order valence-corrected chi connectivity index (χ3v) is 3.99. The van der Waals surface area contributed by atoms with E-state index in [4.69, 9.17) is 9.15 Å². The number of likely N-dealkylation sites (tertiary alicyclic amines) is 1. The van der Waals surface area contributed by atoms with Crippen molar-refractivity contribution in [2.45, 2.75) is 45.1 Å². The van der Waals surface area contributed by atoms with E-state index in [1.807, 2.05) is 0 Å². The SMILES string of the molecule is C[C@H](NC(=O)c1ccco1)C(=O)OCC(=O)N1CCCCCCC1. The van der Waals surface area contributed by atoms with Gasteiger partial charge in [0.2, 0.25) is 0 Å². The van der Waals surface area contributed by atoms with Crippen LogP contribution in [0.1, 0.15) is 49.6 Å². The van der Waals surface area contributed by atoms with Crippen LogP contribution in [0, 0.1) is 0 Å². The van der Waals surface area contributed by atoms with Crippen LogP contribution >= 0.6 is 0 Å². The number of hydrogen-bond donors (Lipinski definition) is 1. The predicted molar refractivity (Wildman–Crippen MR) is 86.3 cm³/mol. The van der Waals surface area contributed by atoms with Gasteiger partial charge in [-0.1, -0.05) is 19.3 Å². The van der Waals surface area contributed by atoms with Gasteiger partial charge in [-0.25, -0.2) is 4.79 Å². The molecular weight excluding hydrogens is 312 g/mol. The molecule has 7 nitrogen and oxygen atoms in total. The Hall–Kier alpha value is -2.31. The number of carbonyl (C=O) groups excluding carboxylic acids is 3. The van der Waals surface area contributed by atoms with Crippen LogP contribution in [0.4, 0.5) is 0 Å². The summed E-state index contributed by atoms with van der Waals surface area (Å²) in [5.74, 6) is -1.21. The predicted octanol–water partition coefficient (Wildman–Crippen LogP) is 1.73. The second-order valence-corrected chi connectivity index (χ2v) is 5.93. The largest absolute Gasteiger partial charge is 0.459 e. The van der Waals surface area contributed by atoms with Crippen molar-refractivity contribution in [1.82, 2.24) is 10.2 Å². The van der Waals surface area contributed by atoms with Crippen molar-refractivity contribution in [3.8, 4) is 0 Å². The molecule has 1 aromatic rings. The summed E-state index contributed by atoms with van der Waals surface area (Å²) >= 11 is 0. The molecule has 1 saturated heterocycles. The number of rotatable bonds is 5. The average molecular weight is 336 g/mol. The molecule has 0 aromatic carbocycles. The Bertz CT molecular complexity index is 547. The summed E-state index contributed by atoms with van der Waals surface area (Å²) in [5, 5.41) is 2.47. The Morgan fingerprint density at radius 3 is 2.50 bits per heavy atom. The molecule has 1 fully saturated rings. The maximum absolute atomic E-state index is 12.1. The van der Waals surface area contributed by atoms with E-state index in [9.17, 15) is 14.4 Å². The fraction of sp³-hybridized carbons (Fsp3) is 0.588. The van der Waals surface area contributed by atoms with Gasteiger partial charge in [0.1, 0.15) is 6.04 Å². The summed E-state index contributed by atoms with van der Waals surface area (Å²) in [6, 6.07) is 2.22. The zero-order valence-electron chi connectivity index (χ0n) is 14.0. The van der Waals surface area contributed by atoms with Crippen LogP contribution in [0.25, 0.3) is 0 Å². The molecule has 24 heavy (non-hydrogen) atoms. The molecule has 1 aliphatic rings. The summed E-state index contributed by atoms with van der Waals surface area (Å²) in [5.41, 5.74) is 0. The molecule has 0 spiro atoms. The number of esters is 1. The zero-order valence-corrected chi connectivity index (χ0v) is 14.0. The van der Waals surface area contributed by atoms with Gasteiger partial charge in [0.05, 0.1) is 6.26 Å². The van der Waals surface area contributed by atoms with Crippen molar-refractivity contribution < 1.29 is 23.5 Å². The van der Waals surface area contributed by atoms with Crippen LogP contribution in [-0.2, 0) is 14.3 Å². The topological polar surface area (TPSA) is 88.9 Å². The first kappa shape index (κ1) is 18.0. The van der Waals surface area contributed by atoms with Crippen molar-refractivity contribution in [3.05, 3.63) is 24.2 Å². The van der Waals surface area contributed by atoms with Crippen molar-refractivity contribution in [2.24, 2.45) is 0 Å². The minimum Gasteiger partial charge on any atom is -0.459 e. The second-order valence-electron chi connectivity index (χ2n) is 5.93. The maximum Gasteiger partial charge on any atom is 0.328 e. The molecular formula is C17H24N2O5.